The number of unbranched alkanes of at least 4 members (excludes halogenated alkanes) is 1. The zero-order valence-electron chi connectivity index (χ0n) is 16.6. The third-order valence-electron chi connectivity index (χ3n) is 3.38. The molecular weight excluding hydrogens is 417 g/mol. The van der Waals surface area contributed by atoms with Crippen LogP contribution >= 0.6 is 0 Å². The lowest BCUT2D eigenvalue weighted by molar-refractivity contribution is -0.275. The van der Waals surface area contributed by atoms with Crippen LogP contribution in [0.4, 0.5) is 22.0 Å². The number of carbonyl (C=O) groups excluding carboxylic acids is 1. The average molecular weight is 441 g/mol. The Morgan fingerprint density at radius 1 is 1.00 bits per heavy atom. The van der Waals surface area contributed by atoms with E-state index in [9.17, 15) is 26.8 Å². The van der Waals surface area contributed by atoms with Crippen molar-refractivity contribution in [1.82, 2.24) is 5.12 Å². The fourth-order valence-corrected chi connectivity index (χ4v) is 2.83. The highest BCUT2D eigenvalue weighted by atomic mass is 28.2. The summed E-state index contributed by atoms with van der Waals surface area (Å²) in [6, 6.07) is 0.650. The third-order valence-corrected chi connectivity index (χ3v) is 4.30. The number of amides is 1. The number of halogens is 5. The van der Waals surface area contributed by atoms with Gasteiger partial charge in [-0.25, -0.2) is 17.6 Å². The monoisotopic (exact) mass is 441 g/mol. The lowest BCUT2D eigenvalue weighted by atomic mass is 10.1. The Morgan fingerprint density at radius 3 is 2.14 bits per heavy atom. The van der Waals surface area contributed by atoms with Gasteiger partial charge >= 0.3 is 0 Å². The summed E-state index contributed by atoms with van der Waals surface area (Å²) < 4.78 is 83.0. The van der Waals surface area contributed by atoms with Crippen LogP contribution in [0.25, 0.3) is 0 Å². The first-order chi connectivity index (χ1) is 13.5. The van der Waals surface area contributed by atoms with E-state index in [-0.39, 0.29) is 39.6 Å². The van der Waals surface area contributed by atoms with Gasteiger partial charge in [0.05, 0.1) is 24.3 Å². The Morgan fingerprint density at radius 2 is 1.59 bits per heavy atom. The first-order valence-corrected chi connectivity index (χ1v) is 10.2. The maximum atomic E-state index is 13.9. The van der Waals surface area contributed by atoms with Crippen LogP contribution in [0.15, 0.2) is 6.07 Å². The minimum atomic E-state index is -2.16. The fourth-order valence-electron chi connectivity index (χ4n) is 2.07. The highest BCUT2D eigenvalue weighted by molar-refractivity contribution is 6.27. The van der Waals surface area contributed by atoms with Gasteiger partial charge in [-0.05, 0) is 46.2 Å². The smallest absolute Gasteiger partial charge is 0.284 e. The number of nitrogens with zero attached hydrogens (tertiary/aromatic N) is 1. The van der Waals surface area contributed by atoms with Crippen LogP contribution in [0.5, 0.6) is 0 Å². The molecule has 29 heavy (non-hydrogen) atoms. The number of benzene rings is 1. The van der Waals surface area contributed by atoms with Gasteiger partial charge in [-0.3, -0.25) is 4.79 Å². The van der Waals surface area contributed by atoms with Crippen molar-refractivity contribution in [3.8, 4) is 0 Å². The molecular formula is C18H24F5NO4Si. The summed E-state index contributed by atoms with van der Waals surface area (Å²) in [6.45, 7) is 6.07. The van der Waals surface area contributed by atoms with Gasteiger partial charge in [-0.15, -0.1) is 0 Å². The van der Waals surface area contributed by atoms with E-state index in [0.717, 1.165) is 0 Å². The Bertz CT molecular complexity index is 668. The molecule has 11 heteroatoms. The molecule has 0 N–H and O–H groups in total. The van der Waals surface area contributed by atoms with E-state index in [4.69, 9.17) is 13.9 Å². The van der Waals surface area contributed by atoms with Gasteiger partial charge in [0, 0.05) is 0 Å². The van der Waals surface area contributed by atoms with Crippen molar-refractivity contribution in [2.24, 2.45) is 0 Å². The summed E-state index contributed by atoms with van der Waals surface area (Å²) in [7, 11) is -0.00127. The van der Waals surface area contributed by atoms with Crippen LogP contribution in [-0.4, -0.2) is 46.0 Å². The van der Waals surface area contributed by atoms with E-state index in [1.165, 1.54) is 0 Å². The van der Waals surface area contributed by atoms with Gasteiger partial charge < -0.3 is 13.9 Å². The van der Waals surface area contributed by atoms with Crippen LogP contribution in [0.3, 0.4) is 0 Å². The topological polar surface area (TPSA) is 48.0 Å². The van der Waals surface area contributed by atoms with E-state index >= 15 is 0 Å². The molecule has 0 saturated carbocycles. The molecule has 0 heterocycles. The maximum Gasteiger partial charge on any atom is 0.284 e. The molecule has 1 amide bonds. The van der Waals surface area contributed by atoms with E-state index in [2.05, 4.69) is 0 Å². The van der Waals surface area contributed by atoms with Crippen LogP contribution in [0.2, 0.25) is 6.04 Å². The van der Waals surface area contributed by atoms with Crippen molar-refractivity contribution >= 4 is 15.7 Å². The number of carbonyl (C=O) groups is 1. The molecule has 2 radical (unpaired) electrons. The summed E-state index contributed by atoms with van der Waals surface area (Å²) in [5, 5.41) is -0.369. The van der Waals surface area contributed by atoms with Crippen molar-refractivity contribution in [1.29, 1.82) is 0 Å². The maximum absolute atomic E-state index is 13.9. The molecule has 0 aliphatic rings. The number of hydrogen-bond acceptors (Lipinski definition) is 4. The highest BCUT2D eigenvalue weighted by Gasteiger charge is 2.26. The van der Waals surface area contributed by atoms with E-state index < -0.39 is 47.8 Å². The minimum Gasteiger partial charge on any atom is -0.372 e. The van der Waals surface area contributed by atoms with Crippen molar-refractivity contribution in [2.45, 2.75) is 65.3 Å². The number of hydrogen-bond donors (Lipinski definition) is 0. The summed E-state index contributed by atoms with van der Waals surface area (Å²) in [5.74, 6) is -9.53. The molecule has 0 aliphatic heterocycles. The van der Waals surface area contributed by atoms with Crippen molar-refractivity contribution in [3.05, 3.63) is 34.9 Å². The van der Waals surface area contributed by atoms with Crippen molar-refractivity contribution in [3.63, 3.8) is 0 Å². The summed E-state index contributed by atoms with van der Waals surface area (Å²) in [4.78, 5) is 11.8. The predicted molar refractivity (Wildman–Crippen MR) is 95.5 cm³/mol. The molecule has 0 unspecified atom stereocenters. The van der Waals surface area contributed by atoms with E-state index in [1.54, 1.807) is 0 Å². The molecule has 1 rings (SSSR count). The van der Waals surface area contributed by atoms with Gasteiger partial charge in [0.15, 0.2) is 23.3 Å². The molecule has 0 bridgehead atoms. The Hall–Kier alpha value is -1.56. The Kier molecular flexibility index (Phi) is 10.7. The molecule has 0 aliphatic carbocycles. The first kappa shape index (κ1) is 25.5. The summed E-state index contributed by atoms with van der Waals surface area (Å²) in [5.41, 5.74) is -1.21. The molecule has 0 saturated heterocycles. The lowest BCUT2D eigenvalue weighted by Crippen LogP contribution is -2.28. The van der Waals surface area contributed by atoms with Gasteiger partial charge in [-0.1, -0.05) is 10.9 Å². The van der Waals surface area contributed by atoms with Crippen LogP contribution in [0.1, 0.15) is 50.9 Å². The van der Waals surface area contributed by atoms with Crippen LogP contribution < -0.4 is 0 Å². The number of rotatable bonds is 12. The molecule has 0 atom stereocenters. The van der Waals surface area contributed by atoms with Gasteiger partial charge in [0.1, 0.15) is 0 Å². The summed E-state index contributed by atoms with van der Waals surface area (Å²) in [6.07, 6.45) is 0.441. The van der Waals surface area contributed by atoms with Gasteiger partial charge in [0.2, 0.25) is 9.76 Å². The van der Waals surface area contributed by atoms with Crippen LogP contribution in [-0.2, 0) is 13.9 Å². The van der Waals surface area contributed by atoms with Crippen molar-refractivity contribution < 1.29 is 40.7 Å². The van der Waals surface area contributed by atoms with Crippen molar-refractivity contribution in [2.75, 3.05) is 6.54 Å². The largest absolute Gasteiger partial charge is 0.372 e. The second kappa shape index (κ2) is 12.2. The minimum absolute atomic E-state index is 0.00127. The lowest BCUT2D eigenvalue weighted by Gasteiger charge is -2.22. The Balaban J connectivity index is 2.42. The zero-order chi connectivity index (χ0) is 22.1. The first-order valence-electron chi connectivity index (χ1n) is 9.04. The molecule has 164 valence electrons. The predicted octanol–water partition coefficient (Wildman–Crippen LogP) is 4.54. The average Bonchev–Trinajstić information content (AvgIpc) is 2.63. The highest BCUT2D eigenvalue weighted by Crippen LogP contribution is 2.20. The van der Waals surface area contributed by atoms with Gasteiger partial charge in [0.25, 0.3) is 12.4 Å². The molecule has 0 fully saturated rings. The second-order valence-corrected chi connectivity index (χ2v) is 7.64. The fraction of sp³-hybridized carbons (Fsp3) is 0.611. The van der Waals surface area contributed by atoms with Crippen LogP contribution in [0, 0.1) is 23.3 Å². The normalized spacial score (nSPS) is 11.7. The Labute approximate surface area is 169 Å². The summed E-state index contributed by atoms with van der Waals surface area (Å²) >= 11 is 0. The van der Waals surface area contributed by atoms with E-state index in [0.29, 0.717) is 12.5 Å². The quantitative estimate of drug-likeness (QED) is 0.0909. The van der Waals surface area contributed by atoms with Gasteiger partial charge in [-0.2, -0.15) is 5.12 Å². The standard InChI is InChI=1S/C18H24F5NO4Si/c1-10(2)26-18(27-11(3)4)28-29-8-6-5-7-24(23)17(25)12-9-13(19)15(21)16(22)14(12)20/h9-11,18H,5-8H2,1-4H3. The molecule has 0 aromatic heterocycles. The molecule has 5 nitrogen and oxygen atoms in total. The SMILES string of the molecule is CC(C)OC(O[Si]CCCCN(F)C(=O)c1cc(F)c(F)c(F)c1F)OC(C)C. The zero-order valence-corrected chi connectivity index (χ0v) is 17.6. The van der Waals surface area contributed by atoms with E-state index in [1.807, 2.05) is 27.7 Å². The molecule has 0 spiro atoms. The number of ether oxygens (including phenoxy) is 2. The third kappa shape index (κ3) is 8.37. The molecule has 1 aromatic rings. The molecule has 1 aromatic carbocycles. The second-order valence-electron chi connectivity index (χ2n) is 6.62.